The van der Waals surface area contributed by atoms with Gasteiger partial charge in [0.15, 0.2) is 0 Å². The van der Waals surface area contributed by atoms with E-state index in [1.165, 1.54) is 6.42 Å². The van der Waals surface area contributed by atoms with Crippen molar-refractivity contribution in [2.24, 2.45) is 0 Å². The molecule has 3 rings (SSSR count). The van der Waals surface area contributed by atoms with Crippen LogP contribution < -0.4 is 5.43 Å². The Labute approximate surface area is 98.8 Å². The van der Waals surface area contributed by atoms with Gasteiger partial charge in [-0.2, -0.15) is 0 Å². The maximum absolute atomic E-state index is 11.2. The van der Waals surface area contributed by atoms with Crippen LogP contribution in [0.5, 0.6) is 0 Å². The van der Waals surface area contributed by atoms with Crippen molar-refractivity contribution >= 4 is 16.9 Å². The minimum Gasteiger partial charge on any atom is -0.477 e. The Bertz CT molecular complexity index is 570. The highest BCUT2D eigenvalue weighted by Gasteiger charge is 2.21. The Morgan fingerprint density at radius 2 is 2.12 bits per heavy atom. The fourth-order valence-electron chi connectivity index (χ4n) is 2.17. The van der Waals surface area contributed by atoms with Gasteiger partial charge in [0.2, 0.25) is 0 Å². The maximum atomic E-state index is 11.2. The lowest BCUT2D eigenvalue weighted by molar-refractivity contribution is 0.0686. The monoisotopic (exact) mass is 230 g/mol. The van der Waals surface area contributed by atoms with Crippen molar-refractivity contribution in [3.05, 3.63) is 36.0 Å². The molecule has 2 N–H and O–H groups in total. The first-order chi connectivity index (χ1) is 8.25. The van der Waals surface area contributed by atoms with Gasteiger partial charge in [-0.25, -0.2) is 4.79 Å². The lowest BCUT2D eigenvalue weighted by Crippen LogP contribution is -2.35. The number of nitrogens with zero attached hydrogens (tertiary/aromatic N) is 1. The lowest BCUT2D eigenvalue weighted by atomic mass is 9.94. The van der Waals surface area contributed by atoms with Gasteiger partial charge in [0.05, 0.1) is 5.52 Å². The fourth-order valence-corrected chi connectivity index (χ4v) is 2.17. The minimum atomic E-state index is -0.895. The quantitative estimate of drug-likeness (QED) is 0.851. The Hall–Kier alpha value is -1.97. The Morgan fingerprint density at radius 1 is 1.35 bits per heavy atom. The van der Waals surface area contributed by atoms with Crippen molar-refractivity contribution in [1.29, 1.82) is 0 Å². The molecule has 0 bridgehead atoms. The largest absolute Gasteiger partial charge is 0.477 e. The van der Waals surface area contributed by atoms with Gasteiger partial charge in [0.25, 0.3) is 0 Å². The third-order valence-corrected chi connectivity index (χ3v) is 3.35. The molecule has 0 amide bonds. The molecule has 17 heavy (non-hydrogen) atoms. The van der Waals surface area contributed by atoms with Crippen molar-refractivity contribution in [1.82, 2.24) is 4.68 Å². The van der Waals surface area contributed by atoms with Crippen LogP contribution in [-0.4, -0.2) is 21.8 Å². The number of benzene rings is 1. The highest BCUT2D eigenvalue weighted by Crippen LogP contribution is 2.23. The number of aromatic nitrogens is 1. The normalized spacial score (nSPS) is 15.8. The zero-order valence-corrected chi connectivity index (χ0v) is 9.39. The molecule has 88 valence electrons. The van der Waals surface area contributed by atoms with E-state index >= 15 is 0 Å². The number of hydrogen-bond donors (Lipinski definition) is 2. The minimum absolute atomic E-state index is 0.304. The van der Waals surface area contributed by atoms with Crippen LogP contribution in [0.4, 0.5) is 0 Å². The summed E-state index contributed by atoms with van der Waals surface area (Å²) in [4.78, 5) is 11.2. The molecule has 4 nitrogen and oxygen atoms in total. The summed E-state index contributed by atoms with van der Waals surface area (Å²) in [5.74, 6) is -0.895. The number of carboxylic acid groups (broad SMARTS) is 1. The Balaban J connectivity index is 2.10. The number of carbonyl (C=O) groups is 1. The molecule has 1 aromatic heterocycles. The molecule has 0 atom stereocenters. The number of fused-ring (bicyclic) bond motifs is 1. The van der Waals surface area contributed by atoms with E-state index < -0.39 is 5.97 Å². The van der Waals surface area contributed by atoms with Crippen molar-refractivity contribution in [3.8, 4) is 0 Å². The number of rotatable bonds is 3. The van der Waals surface area contributed by atoms with E-state index in [0.29, 0.717) is 11.7 Å². The van der Waals surface area contributed by atoms with Crippen molar-refractivity contribution in [2.75, 3.05) is 5.43 Å². The molecule has 1 saturated carbocycles. The third kappa shape index (κ3) is 1.65. The van der Waals surface area contributed by atoms with E-state index in [4.69, 9.17) is 0 Å². The van der Waals surface area contributed by atoms with Gasteiger partial charge in [-0.3, -0.25) is 4.68 Å². The Morgan fingerprint density at radius 3 is 2.76 bits per heavy atom. The summed E-state index contributed by atoms with van der Waals surface area (Å²) >= 11 is 0. The van der Waals surface area contributed by atoms with Gasteiger partial charge >= 0.3 is 5.97 Å². The lowest BCUT2D eigenvalue weighted by Gasteiger charge is -2.28. The van der Waals surface area contributed by atoms with E-state index in [1.807, 2.05) is 24.3 Å². The van der Waals surface area contributed by atoms with E-state index in [-0.39, 0.29) is 0 Å². The summed E-state index contributed by atoms with van der Waals surface area (Å²) in [5.41, 5.74) is 4.52. The molecule has 1 aliphatic carbocycles. The van der Waals surface area contributed by atoms with Crippen LogP contribution in [0.25, 0.3) is 10.9 Å². The molecule has 1 aromatic carbocycles. The van der Waals surface area contributed by atoms with Gasteiger partial charge in [0, 0.05) is 11.4 Å². The molecular weight excluding hydrogens is 216 g/mol. The first kappa shape index (κ1) is 10.2. The molecule has 0 aliphatic heterocycles. The second kappa shape index (κ2) is 3.80. The van der Waals surface area contributed by atoms with Gasteiger partial charge in [-0.05, 0) is 31.4 Å². The summed E-state index contributed by atoms with van der Waals surface area (Å²) in [6.45, 7) is 0. The first-order valence-electron chi connectivity index (χ1n) is 5.86. The van der Waals surface area contributed by atoms with Crippen LogP contribution in [0.3, 0.4) is 0 Å². The van der Waals surface area contributed by atoms with Crippen molar-refractivity contribution < 1.29 is 9.90 Å². The van der Waals surface area contributed by atoms with Crippen LogP contribution in [0.2, 0.25) is 0 Å². The van der Waals surface area contributed by atoms with Crippen LogP contribution >= 0.6 is 0 Å². The van der Waals surface area contributed by atoms with Crippen LogP contribution in [0.15, 0.2) is 30.3 Å². The number of hydrogen-bond acceptors (Lipinski definition) is 2. The topological polar surface area (TPSA) is 54.3 Å². The SMILES string of the molecule is O=C(O)c1cc2ccccc2n1NC1CCC1. The third-order valence-electron chi connectivity index (χ3n) is 3.35. The maximum Gasteiger partial charge on any atom is 0.354 e. The van der Waals surface area contributed by atoms with Crippen molar-refractivity contribution in [2.45, 2.75) is 25.3 Å². The van der Waals surface area contributed by atoms with Crippen LogP contribution in [0, 0.1) is 0 Å². The van der Waals surface area contributed by atoms with Crippen LogP contribution in [-0.2, 0) is 0 Å². The smallest absolute Gasteiger partial charge is 0.354 e. The highest BCUT2D eigenvalue weighted by molar-refractivity contribution is 5.94. The summed E-state index contributed by atoms with van der Waals surface area (Å²) in [6, 6.07) is 9.83. The van der Waals surface area contributed by atoms with E-state index in [9.17, 15) is 9.90 Å². The second-order valence-corrected chi connectivity index (χ2v) is 4.49. The summed E-state index contributed by atoms with van der Waals surface area (Å²) in [7, 11) is 0. The van der Waals surface area contributed by atoms with Crippen LogP contribution in [0.1, 0.15) is 29.8 Å². The average molecular weight is 230 g/mol. The number of carboxylic acids is 1. The van der Waals surface area contributed by atoms with Gasteiger partial charge in [-0.15, -0.1) is 0 Å². The van der Waals surface area contributed by atoms with E-state index in [1.54, 1.807) is 10.7 Å². The zero-order valence-electron chi connectivity index (χ0n) is 9.39. The molecule has 1 aliphatic rings. The molecule has 0 radical (unpaired) electrons. The predicted octanol–water partition coefficient (Wildman–Crippen LogP) is 2.44. The van der Waals surface area contributed by atoms with Gasteiger partial charge in [-0.1, -0.05) is 18.2 Å². The zero-order chi connectivity index (χ0) is 11.8. The standard InChI is InChI=1S/C13H14N2O2/c16-13(17)12-8-9-4-1-2-7-11(9)15(12)14-10-5-3-6-10/h1-2,4,7-8,10,14H,3,5-6H2,(H,16,17). The number of para-hydroxylation sites is 1. The summed E-state index contributed by atoms with van der Waals surface area (Å²) < 4.78 is 1.71. The fraction of sp³-hybridized carbons (Fsp3) is 0.308. The van der Waals surface area contributed by atoms with Crippen molar-refractivity contribution in [3.63, 3.8) is 0 Å². The van der Waals surface area contributed by atoms with Gasteiger partial charge in [0.1, 0.15) is 5.69 Å². The molecular formula is C13H14N2O2. The molecule has 0 unspecified atom stereocenters. The number of nitrogens with one attached hydrogen (secondary N) is 1. The van der Waals surface area contributed by atoms with E-state index in [0.717, 1.165) is 23.7 Å². The Kier molecular flexibility index (Phi) is 2.28. The summed E-state index contributed by atoms with van der Waals surface area (Å²) in [6.07, 6.45) is 3.45. The molecule has 4 heteroatoms. The second-order valence-electron chi connectivity index (χ2n) is 4.49. The predicted molar refractivity (Wildman–Crippen MR) is 65.9 cm³/mol. The molecule has 0 spiro atoms. The average Bonchev–Trinajstić information content (AvgIpc) is 2.62. The molecule has 1 heterocycles. The van der Waals surface area contributed by atoms with E-state index in [2.05, 4.69) is 5.43 Å². The highest BCUT2D eigenvalue weighted by atomic mass is 16.4. The molecule has 1 fully saturated rings. The first-order valence-corrected chi connectivity index (χ1v) is 5.86. The molecule has 2 aromatic rings. The van der Waals surface area contributed by atoms with Gasteiger partial charge < -0.3 is 10.5 Å². The number of aromatic carboxylic acids is 1. The molecule has 0 saturated heterocycles. The summed E-state index contributed by atoms with van der Waals surface area (Å²) in [5, 5.41) is 10.2.